The highest BCUT2D eigenvalue weighted by molar-refractivity contribution is 7.92. The molecule has 0 aliphatic carbocycles. The van der Waals surface area contributed by atoms with Crippen molar-refractivity contribution < 1.29 is 17.7 Å². The van der Waals surface area contributed by atoms with Crippen molar-refractivity contribution in [2.45, 2.75) is 4.90 Å². The average molecular weight is 372 g/mol. The molecule has 0 radical (unpaired) electrons. The summed E-state index contributed by atoms with van der Waals surface area (Å²) in [6.45, 7) is 0. The number of rotatable bonds is 5. The topological polar surface area (TPSA) is 89.3 Å². The number of nitrogens with one attached hydrogen (secondary N) is 1. The zero-order valence-electron chi connectivity index (χ0n) is 13.3. The summed E-state index contributed by atoms with van der Waals surface area (Å²) in [5.74, 6) is -0.377. The summed E-state index contributed by atoms with van der Waals surface area (Å²) in [4.78, 5) is 10.1. The first-order valence-corrected chi connectivity index (χ1v) is 8.97. The van der Waals surface area contributed by atoms with Crippen LogP contribution in [0.15, 0.2) is 77.7 Å². The first-order chi connectivity index (χ1) is 12.3. The molecule has 0 bridgehead atoms. The molecule has 6 nitrogen and oxygen atoms in total. The molecule has 0 fully saturated rings. The lowest BCUT2D eigenvalue weighted by Gasteiger charge is -2.09. The van der Waals surface area contributed by atoms with Crippen LogP contribution in [-0.4, -0.2) is 13.3 Å². The Labute approximate surface area is 149 Å². The van der Waals surface area contributed by atoms with E-state index in [0.29, 0.717) is 11.1 Å². The molecule has 0 unspecified atom stereocenters. The molecule has 0 saturated carbocycles. The number of sulfonamides is 1. The number of hydrogen-bond donors (Lipinski definition) is 1. The highest BCUT2D eigenvalue weighted by atomic mass is 32.2. The van der Waals surface area contributed by atoms with Crippen molar-refractivity contribution in [1.29, 1.82) is 0 Å². The van der Waals surface area contributed by atoms with Gasteiger partial charge in [-0.1, -0.05) is 24.3 Å². The van der Waals surface area contributed by atoms with Crippen LogP contribution in [0.4, 0.5) is 15.8 Å². The first kappa shape index (κ1) is 17.6. The van der Waals surface area contributed by atoms with Gasteiger partial charge in [0, 0.05) is 17.8 Å². The summed E-state index contributed by atoms with van der Waals surface area (Å²) in [6.07, 6.45) is 0. The van der Waals surface area contributed by atoms with Gasteiger partial charge in [0.05, 0.1) is 9.82 Å². The van der Waals surface area contributed by atoms with E-state index in [2.05, 4.69) is 4.72 Å². The van der Waals surface area contributed by atoms with Crippen LogP contribution in [-0.2, 0) is 10.0 Å². The van der Waals surface area contributed by atoms with Gasteiger partial charge in [-0.05, 0) is 47.5 Å². The van der Waals surface area contributed by atoms with Crippen LogP contribution in [0.25, 0.3) is 11.1 Å². The standard InChI is InChI=1S/C18H13FN2O4S/c19-15-6-4-13(5-7-15)14-2-1-3-18(12-14)26(24,25)20-16-8-10-17(11-9-16)21(22)23/h1-12,20H. The molecule has 1 N–H and O–H groups in total. The van der Waals surface area contributed by atoms with E-state index in [1.807, 2.05) is 0 Å². The van der Waals surface area contributed by atoms with Crippen LogP contribution in [0.1, 0.15) is 0 Å². The molecule has 0 atom stereocenters. The summed E-state index contributed by atoms with van der Waals surface area (Å²) in [7, 11) is -3.88. The second-order valence-corrected chi connectivity index (χ2v) is 7.13. The Hall–Kier alpha value is -3.26. The third kappa shape index (κ3) is 3.86. The fraction of sp³-hybridized carbons (Fsp3) is 0. The van der Waals surface area contributed by atoms with Crippen LogP contribution in [0.3, 0.4) is 0 Å². The van der Waals surface area contributed by atoms with E-state index in [0.717, 1.165) is 0 Å². The summed E-state index contributed by atoms with van der Waals surface area (Å²) < 4.78 is 40.5. The van der Waals surface area contributed by atoms with Gasteiger partial charge in [0.2, 0.25) is 0 Å². The maximum absolute atomic E-state index is 13.0. The fourth-order valence-corrected chi connectivity index (χ4v) is 3.45. The van der Waals surface area contributed by atoms with Crippen molar-refractivity contribution >= 4 is 21.4 Å². The van der Waals surface area contributed by atoms with Gasteiger partial charge >= 0.3 is 0 Å². The summed E-state index contributed by atoms with van der Waals surface area (Å²) in [6, 6.07) is 17.0. The molecule has 0 aliphatic rings. The van der Waals surface area contributed by atoms with Crippen molar-refractivity contribution in [2.24, 2.45) is 0 Å². The third-order valence-corrected chi connectivity index (χ3v) is 5.03. The van der Waals surface area contributed by atoms with Gasteiger partial charge in [-0.15, -0.1) is 0 Å². The molecule has 0 aliphatic heterocycles. The Morgan fingerprint density at radius 3 is 2.15 bits per heavy atom. The number of hydrogen-bond acceptors (Lipinski definition) is 4. The van der Waals surface area contributed by atoms with Crippen LogP contribution < -0.4 is 4.72 Å². The monoisotopic (exact) mass is 372 g/mol. The number of benzene rings is 3. The van der Waals surface area contributed by atoms with E-state index in [1.54, 1.807) is 24.3 Å². The fourth-order valence-electron chi connectivity index (χ4n) is 2.35. The van der Waals surface area contributed by atoms with E-state index in [9.17, 15) is 22.9 Å². The first-order valence-electron chi connectivity index (χ1n) is 7.48. The molecule has 0 amide bonds. The van der Waals surface area contributed by atoms with Gasteiger partial charge in [-0.2, -0.15) is 0 Å². The Bertz CT molecular complexity index is 1050. The molecule has 3 aromatic rings. The lowest BCUT2D eigenvalue weighted by molar-refractivity contribution is -0.384. The van der Waals surface area contributed by atoms with Crippen molar-refractivity contribution in [3.8, 4) is 11.1 Å². The summed E-state index contributed by atoms with van der Waals surface area (Å²) in [5, 5.41) is 10.7. The molecule has 26 heavy (non-hydrogen) atoms. The molecular weight excluding hydrogens is 359 g/mol. The van der Waals surface area contributed by atoms with Crippen molar-refractivity contribution in [3.63, 3.8) is 0 Å². The molecular formula is C18H13FN2O4S. The lowest BCUT2D eigenvalue weighted by Crippen LogP contribution is -2.12. The smallest absolute Gasteiger partial charge is 0.269 e. The Morgan fingerprint density at radius 1 is 0.885 bits per heavy atom. The Kier molecular flexibility index (Phi) is 4.68. The number of nitrogens with zero attached hydrogens (tertiary/aromatic N) is 1. The summed E-state index contributed by atoms with van der Waals surface area (Å²) >= 11 is 0. The van der Waals surface area contributed by atoms with Gasteiger partial charge in [0.25, 0.3) is 15.7 Å². The van der Waals surface area contributed by atoms with Gasteiger partial charge in [-0.25, -0.2) is 12.8 Å². The van der Waals surface area contributed by atoms with Crippen molar-refractivity contribution in [1.82, 2.24) is 0 Å². The number of anilines is 1. The van der Waals surface area contributed by atoms with Gasteiger partial charge in [-0.3, -0.25) is 14.8 Å². The molecule has 0 spiro atoms. The molecule has 0 heterocycles. The van der Waals surface area contributed by atoms with Gasteiger partial charge in [0.15, 0.2) is 0 Å². The van der Waals surface area contributed by atoms with Crippen LogP contribution in [0.5, 0.6) is 0 Å². The van der Waals surface area contributed by atoms with E-state index in [4.69, 9.17) is 0 Å². The second-order valence-electron chi connectivity index (χ2n) is 5.44. The van der Waals surface area contributed by atoms with Crippen molar-refractivity contribution in [3.05, 3.63) is 88.7 Å². The maximum atomic E-state index is 13.0. The van der Waals surface area contributed by atoms with Crippen LogP contribution >= 0.6 is 0 Å². The maximum Gasteiger partial charge on any atom is 0.269 e. The highest BCUT2D eigenvalue weighted by Crippen LogP contribution is 2.24. The van der Waals surface area contributed by atoms with Gasteiger partial charge < -0.3 is 0 Å². The normalized spacial score (nSPS) is 11.1. The summed E-state index contributed by atoms with van der Waals surface area (Å²) in [5.41, 5.74) is 1.38. The Morgan fingerprint density at radius 2 is 1.54 bits per heavy atom. The minimum Gasteiger partial charge on any atom is -0.280 e. The predicted octanol–water partition coefficient (Wildman–Crippen LogP) is 4.20. The molecule has 3 aromatic carbocycles. The number of nitro benzene ring substituents is 1. The zero-order chi connectivity index (χ0) is 18.7. The second kappa shape index (κ2) is 6.93. The van der Waals surface area contributed by atoms with Crippen molar-refractivity contribution in [2.75, 3.05) is 4.72 Å². The van der Waals surface area contributed by atoms with Gasteiger partial charge in [0.1, 0.15) is 5.82 Å². The predicted molar refractivity (Wildman–Crippen MR) is 95.7 cm³/mol. The van der Waals surface area contributed by atoms with E-state index in [1.165, 1.54) is 48.5 Å². The molecule has 132 valence electrons. The average Bonchev–Trinajstić information content (AvgIpc) is 2.62. The largest absolute Gasteiger partial charge is 0.280 e. The van der Waals surface area contributed by atoms with E-state index >= 15 is 0 Å². The highest BCUT2D eigenvalue weighted by Gasteiger charge is 2.16. The van der Waals surface area contributed by atoms with E-state index < -0.39 is 14.9 Å². The lowest BCUT2D eigenvalue weighted by atomic mass is 10.1. The van der Waals surface area contributed by atoms with Crippen LogP contribution in [0, 0.1) is 15.9 Å². The number of non-ortho nitro benzene ring substituents is 1. The molecule has 0 saturated heterocycles. The SMILES string of the molecule is O=[N+]([O-])c1ccc(NS(=O)(=O)c2cccc(-c3ccc(F)cc3)c2)cc1. The number of nitro groups is 1. The van der Waals surface area contributed by atoms with E-state index in [-0.39, 0.29) is 22.1 Å². The minimum atomic E-state index is -3.88. The third-order valence-electron chi connectivity index (χ3n) is 3.65. The number of halogens is 1. The zero-order valence-corrected chi connectivity index (χ0v) is 14.1. The minimum absolute atomic E-state index is 0.0256. The molecule has 3 rings (SSSR count). The van der Waals surface area contributed by atoms with Crippen LogP contribution in [0.2, 0.25) is 0 Å². The molecule has 0 aromatic heterocycles. The Balaban J connectivity index is 1.88. The molecule has 8 heteroatoms. The quantitative estimate of drug-likeness (QED) is 0.537.